The lowest BCUT2D eigenvalue weighted by molar-refractivity contribution is -0.124. The van der Waals surface area contributed by atoms with Crippen LogP contribution in [0.15, 0.2) is 30.3 Å². The second-order valence-electron chi connectivity index (χ2n) is 7.23. The molecule has 2 fully saturated rings. The molecule has 0 aromatic heterocycles. The van der Waals surface area contributed by atoms with E-state index in [0.29, 0.717) is 18.9 Å². The zero-order valence-electron chi connectivity index (χ0n) is 13.8. The number of nitrogens with two attached hydrogens (primary N) is 1. The van der Waals surface area contributed by atoms with Crippen LogP contribution in [0.1, 0.15) is 63.0 Å². The molecule has 1 amide bonds. The molecule has 23 heavy (non-hydrogen) atoms. The minimum absolute atomic E-state index is 0. The Morgan fingerprint density at radius 2 is 1.83 bits per heavy atom. The number of hydrogen-bond acceptors (Lipinski definition) is 2. The Labute approximate surface area is 145 Å². The van der Waals surface area contributed by atoms with Gasteiger partial charge in [0.2, 0.25) is 5.91 Å². The van der Waals surface area contributed by atoms with Crippen molar-refractivity contribution < 1.29 is 4.79 Å². The van der Waals surface area contributed by atoms with Gasteiger partial charge in [-0.2, -0.15) is 0 Å². The first kappa shape index (κ1) is 18.3. The topological polar surface area (TPSA) is 55.1 Å². The maximum atomic E-state index is 12.6. The van der Waals surface area contributed by atoms with E-state index >= 15 is 0 Å². The predicted molar refractivity (Wildman–Crippen MR) is 96.5 cm³/mol. The average molecular weight is 337 g/mol. The highest BCUT2D eigenvalue weighted by Crippen LogP contribution is 2.42. The summed E-state index contributed by atoms with van der Waals surface area (Å²) in [5, 5.41) is 3.31. The minimum atomic E-state index is 0. The van der Waals surface area contributed by atoms with Crippen molar-refractivity contribution in [1.29, 1.82) is 0 Å². The van der Waals surface area contributed by atoms with E-state index in [0.717, 1.165) is 12.8 Å². The number of carbonyl (C=O) groups excluding carboxylic acids is 1. The normalized spacial score (nSPS) is 21.1. The predicted octanol–water partition coefficient (Wildman–Crippen LogP) is 3.98. The van der Waals surface area contributed by atoms with Gasteiger partial charge in [-0.15, -0.1) is 12.4 Å². The number of nitrogens with one attached hydrogen (secondary N) is 1. The Bertz CT molecular complexity index is 495. The summed E-state index contributed by atoms with van der Waals surface area (Å²) in [7, 11) is 0. The maximum Gasteiger partial charge on any atom is 0.221 e. The summed E-state index contributed by atoms with van der Waals surface area (Å²) in [5.41, 5.74) is 7.31. The van der Waals surface area contributed by atoms with Crippen LogP contribution < -0.4 is 11.1 Å². The summed E-state index contributed by atoms with van der Waals surface area (Å²) < 4.78 is 0. The van der Waals surface area contributed by atoms with Gasteiger partial charge in [-0.3, -0.25) is 4.79 Å². The van der Waals surface area contributed by atoms with Crippen LogP contribution in [0.3, 0.4) is 0 Å². The number of carbonyl (C=O) groups is 1. The number of halogens is 1. The van der Waals surface area contributed by atoms with Gasteiger partial charge in [0.05, 0.1) is 6.04 Å². The van der Waals surface area contributed by atoms with Gasteiger partial charge < -0.3 is 11.1 Å². The van der Waals surface area contributed by atoms with E-state index < -0.39 is 0 Å². The number of amides is 1. The molecule has 1 atom stereocenters. The van der Waals surface area contributed by atoms with Crippen molar-refractivity contribution >= 4 is 18.3 Å². The van der Waals surface area contributed by atoms with Crippen LogP contribution >= 0.6 is 12.4 Å². The van der Waals surface area contributed by atoms with E-state index in [2.05, 4.69) is 29.6 Å². The van der Waals surface area contributed by atoms with Crippen LogP contribution in [0.25, 0.3) is 0 Å². The van der Waals surface area contributed by atoms with Crippen LogP contribution in [0, 0.1) is 11.3 Å². The second kappa shape index (κ2) is 8.16. The fourth-order valence-electron chi connectivity index (χ4n) is 3.88. The van der Waals surface area contributed by atoms with Crippen molar-refractivity contribution in [3.05, 3.63) is 35.9 Å². The minimum Gasteiger partial charge on any atom is -0.349 e. The smallest absolute Gasteiger partial charge is 0.221 e. The third-order valence-electron chi connectivity index (χ3n) is 5.45. The first-order chi connectivity index (χ1) is 10.7. The van der Waals surface area contributed by atoms with Gasteiger partial charge in [0.15, 0.2) is 0 Å². The van der Waals surface area contributed by atoms with Gasteiger partial charge in [0.1, 0.15) is 0 Å². The molecule has 3 nitrogen and oxygen atoms in total. The van der Waals surface area contributed by atoms with Crippen LogP contribution in [-0.2, 0) is 4.79 Å². The van der Waals surface area contributed by atoms with Crippen LogP contribution in [-0.4, -0.2) is 12.5 Å². The van der Waals surface area contributed by atoms with Crippen LogP contribution in [0.4, 0.5) is 0 Å². The molecule has 1 aromatic rings. The first-order valence-corrected chi connectivity index (χ1v) is 8.77. The molecule has 0 aliphatic heterocycles. The monoisotopic (exact) mass is 336 g/mol. The number of rotatable bonds is 6. The van der Waals surface area contributed by atoms with Crippen LogP contribution in [0.2, 0.25) is 0 Å². The lowest BCUT2D eigenvalue weighted by Crippen LogP contribution is -2.40. The van der Waals surface area contributed by atoms with Gasteiger partial charge in [-0.25, -0.2) is 0 Å². The third-order valence-corrected chi connectivity index (χ3v) is 5.45. The van der Waals surface area contributed by atoms with Gasteiger partial charge >= 0.3 is 0 Å². The van der Waals surface area contributed by atoms with E-state index in [9.17, 15) is 4.79 Å². The molecule has 0 radical (unpaired) electrons. The van der Waals surface area contributed by atoms with Crippen molar-refractivity contribution in [2.45, 2.75) is 57.4 Å². The fraction of sp³-hybridized carbons (Fsp3) is 0.632. The molecule has 0 heterocycles. The molecular formula is C19H29ClN2O. The molecule has 1 unspecified atom stereocenters. The molecule has 4 heteroatoms. The number of hydrogen-bond donors (Lipinski definition) is 2. The molecule has 3 N–H and O–H groups in total. The summed E-state index contributed by atoms with van der Waals surface area (Å²) >= 11 is 0. The summed E-state index contributed by atoms with van der Waals surface area (Å²) in [6, 6.07) is 10.6. The molecule has 3 rings (SSSR count). The Kier molecular flexibility index (Phi) is 6.49. The molecule has 1 aromatic carbocycles. The molecule has 2 aliphatic rings. The zero-order valence-corrected chi connectivity index (χ0v) is 14.6. The maximum absolute atomic E-state index is 12.6. The molecule has 0 spiro atoms. The highest BCUT2D eigenvalue weighted by atomic mass is 35.5. The first-order valence-electron chi connectivity index (χ1n) is 8.77. The van der Waals surface area contributed by atoms with Gasteiger partial charge in [0, 0.05) is 6.42 Å². The third kappa shape index (κ3) is 4.71. The van der Waals surface area contributed by atoms with Crippen molar-refractivity contribution in [3.8, 4) is 0 Å². The summed E-state index contributed by atoms with van der Waals surface area (Å²) in [6.07, 6.45) is 8.98. The second-order valence-corrected chi connectivity index (χ2v) is 7.23. The Morgan fingerprint density at radius 3 is 2.39 bits per heavy atom. The Balaban J connectivity index is 0.00000192. The van der Waals surface area contributed by atoms with E-state index in [1.807, 2.05) is 6.07 Å². The Hall–Kier alpha value is -1.06. The van der Waals surface area contributed by atoms with Crippen LogP contribution in [0.5, 0.6) is 0 Å². The number of benzene rings is 1. The van der Waals surface area contributed by atoms with Gasteiger partial charge in [-0.1, -0.05) is 49.6 Å². The lowest BCUT2D eigenvalue weighted by atomic mass is 9.71. The van der Waals surface area contributed by atoms with Gasteiger partial charge in [0.25, 0.3) is 0 Å². The standard InChI is InChI=1S/C19H28N2O.ClH/c20-14-19(11-5-2-6-12-19)13-17(22)21-18(16-9-10-16)15-7-3-1-4-8-15;/h1,3-4,7-8,16,18H,2,5-6,9-14,20H2,(H,21,22);1H. The molecular weight excluding hydrogens is 308 g/mol. The van der Waals surface area contributed by atoms with Crippen molar-refractivity contribution in [2.75, 3.05) is 6.54 Å². The fourth-order valence-corrected chi connectivity index (χ4v) is 3.88. The molecule has 2 aliphatic carbocycles. The average Bonchev–Trinajstić information content (AvgIpc) is 3.39. The molecule has 2 saturated carbocycles. The highest BCUT2D eigenvalue weighted by molar-refractivity contribution is 5.85. The molecule has 0 saturated heterocycles. The summed E-state index contributed by atoms with van der Waals surface area (Å²) in [5.74, 6) is 0.805. The quantitative estimate of drug-likeness (QED) is 0.825. The van der Waals surface area contributed by atoms with Crippen molar-refractivity contribution in [1.82, 2.24) is 5.32 Å². The van der Waals surface area contributed by atoms with Crippen molar-refractivity contribution in [3.63, 3.8) is 0 Å². The summed E-state index contributed by atoms with van der Waals surface area (Å²) in [6.45, 7) is 0.639. The van der Waals surface area contributed by atoms with E-state index in [4.69, 9.17) is 5.73 Å². The van der Waals surface area contributed by atoms with E-state index in [1.165, 1.54) is 37.7 Å². The molecule has 128 valence electrons. The Morgan fingerprint density at radius 1 is 1.17 bits per heavy atom. The largest absolute Gasteiger partial charge is 0.349 e. The van der Waals surface area contributed by atoms with Crippen molar-refractivity contribution in [2.24, 2.45) is 17.1 Å². The highest BCUT2D eigenvalue weighted by Gasteiger charge is 2.36. The lowest BCUT2D eigenvalue weighted by Gasteiger charge is -2.36. The zero-order chi connectivity index (χ0) is 15.4. The molecule has 0 bridgehead atoms. The summed E-state index contributed by atoms with van der Waals surface area (Å²) in [4.78, 5) is 12.6. The SMILES string of the molecule is Cl.NCC1(CC(=O)NC(c2ccccc2)C2CC2)CCCCC1. The van der Waals surface area contributed by atoms with Gasteiger partial charge in [-0.05, 0) is 49.1 Å². The van der Waals surface area contributed by atoms with E-state index in [-0.39, 0.29) is 29.8 Å². The van der Waals surface area contributed by atoms with E-state index in [1.54, 1.807) is 0 Å².